The highest BCUT2D eigenvalue weighted by molar-refractivity contribution is 9.10. The zero-order valence-corrected chi connectivity index (χ0v) is 19.9. The van der Waals surface area contributed by atoms with Gasteiger partial charge in [-0.15, -0.1) is 0 Å². The van der Waals surface area contributed by atoms with Crippen LogP contribution in [-0.4, -0.2) is 17.2 Å². The number of furan rings is 1. The molecular formula is C25H19BrFN3O2S. The standard InChI is InChI=1S/C25H19BrFN3O2S/c1-31-21-8-3-2-7-19(21)30-24(23(29-25(30)33)18-6-4-5-13-28-18)22-12-11-20(32-22)16-10-9-15(26)14-17(16)27/h2-14,23-24H,1H3,(H,29,33)/t23-,24-/m1/s1. The smallest absolute Gasteiger partial charge is 0.174 e. The SMILES string of the molecule is COc1ccccc1N1C(=S)N[C@H](c2ccccn2)[C@H]1c1ccc(-c2ccc(Br)cc2F)o1. The molecule has 5 rings (SSSR count). The van der Waals surface area contributed by atoms with Gasteiger partial charge in [-0.1, -0.05) is 34.1 Å². The van der Waals surface area contributed by atoms with E-state index in [4.69, 9.17) is 21.4 Å². The summed E-state index contributed by atoms with van der Waals surface area (Å²) < 4.78 is 27.1. The maximum atomic E-state index is 14.6. The van der Waals surface area contributed by atoms with Gasteiger partial charge in [-0.05, 0) is 66.8 Å². The first-order chi connectivity index (χ1) is 16.1. The fraction of sp³-hybridized carbons (Fsp3) is 0.120. The lowest BCUT2D eigenvalue weighted by molar-refractivity contribution is 0.409. The number of nitrogens with zero attached hydrogens (tertiary/aromatic N) is 2. The number of methoxy groups -OCH3 is 1. The Labute approximate surface area is 204 Å². The average molecular weight is 524 g/mol. The van der Waals surface area contributed by atoms with Crippen molar-refractivity contribution in [1.29, 1.82) is 0 Å². The lowest BCUT2D eigenvalue weighted by Gasteiger charge is -2.27. The van der Waals surface area contributed by atoms with E-state index < -0.39 is 0 Å². The number of hydrogen-bond acceptors (Lipinski definition) is 4. The van der Waals surface area contributed by atoms with Crippen molar-refractivity contribution >= 4 is 38.9 Å². The molecule has 4 aromatic rings. The monoisotopic (exact) mass is 523 g/mol. The Morgan fingerprint density at radius 1 is 1.09 bits per heavy atom. The number of rotatable bonds is 5. The molecule has 3 heterocycles. The topological polar surface area (TPSA) is 50.5 Å². The molecule has 0 spiro atoms. The van der Waals surface area contributed by atoms with E-state index in [1.54, 1.807) is 31.5 Å². The van der Waals surface area contributed by atoms with E-state index in [1.807, 2.05) is 53.4 Å². The van der Waals surface area contributed by atoms with Crippen LogP contribution in [0.5, 0.6) is 5.75 Å². The van der Waals surface area contributed by atoms with Gasteiger partial charge < -0.3 is 19.4 Å². The molecule has 33 heavy (non-hydrogen) atoms. The number of hydrogen-bond donors (Lipinski definition) is 1. The van der Waals surface area contributed by atoms with Gasteiger partial charge in [0.05, 0.1) is 30.1 Å². The minimum Gasteiger partial charge on any atom is -0.495 e. The summed E-state index contributed by atoms with van der Waals surface area (Å²) in [6, 6.07) is 21.3. The molecule has 0 saturated carbocycles. The third-order valence-electron chi connectivity index (χ3n) is 5.56. The van der Waals surface area contributed by atoms with Crippen LogP contribution < -0.4 is 15.0 Å². The molecule has 0 unspecified atom stereocenters. The molecule has 1 N–H and O–H groups in total. The summed E-state index contributed by atoms with van der Waals surface area (Å²) in [5, 5.41) is 3.91. The van der Waals surface area contributed by atoms with Crippen molar-refractivity contribution in [3.63, 3.8) is 0 Å². The van der Waals surface area contributed by atoms with Gasteiger partial charge >= 0.3 is 0 Å². The minimum atomic E-state index is -0.367. The largest absolute Gasteiger partial charge is 0.495 e. The van der Waals surface area contributed by atoms with E-state index in [9.17, 15) is 4.39 Å². The van der Waals surface area contributed by atoms with Crippen molar-refractivity contribution in [3.8, 4) is 17.1 Å². The molecule has 0 radical (unpaired) electrons. The van der Waals surface area contributed by atoms with E-state index in [-0.39, 0.29) is 17.9 Å². The van der Waals surface area contributed by atoms with Crippen molar-refractivity contribution in [1.82, 2.24) is 10.3 Å². The Morgan fingerprint density at radius 3 is 2.67 bits per heavy atom. The molecule has 1 fully saturated rings. The average Bonchev–Trinajstić information content (AvgIpc) is 3.44. The van der Waals surface area contributed by atoms with Crippen molar-refractivity contribution in [3.05, 3.63) is 101 Å². The second kappa shape index (κ2) is 8.96. The first-order valence-corrected chi connectivity index (χ1v) is 11.5. The minimum absolute atomic E-state index is 0.280. The Bertz CT molecular complexity index is 1310. The lowest BCUT2D eigenvalue weighted by Crippen LogP contribution is -2.29. The molecule has 1 aliphatic rings. The molecule has 0 amide bonds. The zero-order chi connectivity index (χ0) is 22.9. The highest BCUT2D eigenvalue weighted by Gasteiger charge is 2.43. The van der Waals surface area contributed by atoms with Gasteiger partial charge in [0.2, 0.25) is 0 Å². The molecule has 0 bridgehead atoms. The number of anilines is 1. The fourth-order valence-corrected chi connectivity index (χ4v) is 4.75. The molecule has 1 aliphatic heterocycles. The lowest BCUT2D eigenvalue weighted by atomic mass is 10.0. The Kier molecular flexibility index (Phi) is 5.86. The van der Waals surface area contributed by atoms with Crippen molar-refractivity contribution in [2.24, 2.45) is 0 Å². The van der Waals surface area contributed by atoms with Crippen LogP contribution >= 0.6 is 28.1 Å². The molecule has 1 saturated heterocycles. The van der Waals surface area contributed by atoms with E-state index >= 15 is 0 Å². The number of ether oxygens (including phenoxy) is 1. The van der Waals surface area contributed by atoms with E-state index in [2.05, 4.69) is 26.2 Å². The Hall–Kier alpha value is -3.23. The Balaban J connectivity index is 1.63. The number of nitrogens with one attached hydrogen (secondary N) is 1. The first kappa shape index (κ1) is 21.6. The van der Waals surface area contributed by atoms with Gasteiger partial charge in [0.1, 0.15) is 29.1 Å². The maximum Gasteiger partial charge on any atom is 0.174 e. The van der Waals surface area contributed by atoms with Crippen LogP contribution in [0.4, 0.5) is 10.1 Å². The maximum absolute atomic E-state index is 14.6. The summed E-state index contributed by atoms with van der Waals surface area (Å²) in [6.07, 6.45) is 1.74. The predicted molar refractivity (Wildman–Crippen MR) is 133 cm³/mol. The molecule has 166 valence electrons. The summed E-state index contributed by atoms with van der Waals surface area (Å²) in [6.45, 7) is 0. The van der Waals surface area contributed by atoms with Crippen molar-refractivity contribution in [2.75, 3.05) is 12.0 Å². The molecular weight excluding hydrogens is 505 g/mol. The number of para-hydroxylation sites is 2. The van der Waals surface area contributed by atoms with Gasteiger partial charge in [-0.25, -0.2) is 4.39 Å². The molecule has 0 aliphatic carbocycles. The number of benzene rings is 2. The number of pyridine rings is 1. The van der Waals surface area contributed by atoms with Crippen LogP contribution in [0, 0.1) is 5.82 Å². The fourth-order valence-electron chi connectivity index (χ4n) is 4.08. The van der Waals surface area contributed by atoms with Gasteiger partial charge in [0.25, 0.3) is 0 Å². The summed E-state index contributed by atoms with van der Waals surface area (Å²) >= 11 is 9.04. The highest BCUT2D eigenvalue weighted by Crippen LogP contribution is 2.45. The normalized spacial score (nSPS) is 17.8. The molecule has 8 heteroatoms. The molecule has 5 nitrogen and oxygen atoms in total. The number of aromatic nitrogens is 1. The zero-order valence-electron chi connectivity index (χ0n) is 17.5. The second-order valence-electron chi connectivity index (χ2n) is 7.49. The summed E-state index contributed by atoms with van der Waals surface area (Å²) in [5.74, 6) is 1.38. The van der Waals surface area contributed by atoms with Crippen LogP contribution in [0.25, 0.3) is 11.3 Å². The van der Waals surface area contributed by atoms with Gasteiger partial charge in [-0.2, -0.15) is 0 Å². The van der Waals surface area contributed by atoms with Crippen LogP contribution in [0.2, 0.25) is 0 Å². The summed E-state index contributed by atoms with van der Waals surface area (Å²) in [7, 11) is 1.62. The third kappa shape index (κ3) is 4.00. The van der Waals surface area contributed by atoms with Crippen LogP contribution in [-0.2, 0) is 0 Å². The second-order valence-corrected chi connectivity index (χ2v) is 8.80. The molecule has 2 aromatic heterocycles. The van der Waals surface area contributed by atoms with Crippen molar-refractivity contribution in [2.45, 2.75) is 12.1 Å². The van der Waals surface area contributed by atoms with E-state index in [0.29, 0.717) is 32.4 Å². The van der Waals surface area contributed by atoms with E-state index in [0.717, 1.165) is 11.4 Å². The summed E-state index contributed by atoms with van der Waals surface area (Å²) in [5.41, 5.74) is 2.00. The van der Waals surface area contributed by atoms with Crippen LogP contribution in [0.3, 0.4) is 0 Å². The van der Waals surface area contributed by atoms with Crippen LogP contribution in [0.15, 0.2) is 87.9 Å². The number of thiocarbonyl (C=S) groups is 1. The van der Waals surface area contributed by atoms with Gasteiger partial charge in [0.15, 0.2) is 5.11 Å². The molecule has 2 atom stereocenters. The van der Waals surface area contributed by atoms with Crippen LogP contribution in [0.1, 0.15) is 23.5 Å². The summed E-state index contributed by atoms with van der Waals surface area (Å²) in [4.78, 5) is 6.51. The quantitative estimate of drug-likeness (QED) is 0.304. The number of halogens is 2. The third-order valence-corrected chi connectivity index (χ3v) is 6.37. The van der Waals surface area contributed by atoms with E-state index in [1.165, 1.54) is 6.07 Å². The molecule has 2 aromatic carbocycles. The van der Waals surface area contributed by atoms with Gasteiger partial charge in [0, 0.05) is 10.7 Å². The van der Waals surface area contributed by atoms with Crippen molar-refractivity contribution < 1.29 is 13.5 Å². The highest BCUT2D eigenvalue weighted by atomic mass is 79.9. The first-order valence-electron chi connectivity index (χ1n) is 10.3. The predicted octanol–water partition coefficient (Wildman–Crippen LogP) is 6.43. The Morgan fingerprint density at radius 2 is 1.91 bits per heavy atom. The van der Waals surface area contributed by atoms with Gasteiger partial charge in [-0.3, -0.25) is 4.98 Å².